The Morgan fingerprint density at radius 1 is 1.14 bits per heavy atom. The van der Waals surface area contributed by atoms with Gasteiger partial charge in [-0.1, -0.05) is 12.1 Å². The summed E-state index contributed by atoms with van der Waals surface area (Å²) in [4.78, 5) is 24.2. The molecule has 1 aromatic carbocycles. The van der Waals surface area contributed by atoms with Crippen molar-refractivity contribution >= 4 is 29.3 Å². The lowest BCUT2D eigenvalue weighted by Crippen LogP contribution is -2.35. The standard InChI is InChI=1S/C14H20N4O2.ClH/c1-3-17-11-6-4-5-7-12(11)18(14(17)20)10-13(19)16-9-8-15-2;/h4-7,15H,3,8-10H2,1-2H3,(H,16,19);1H. The third-order valence-electron chi connectivity index (χ3n) is 3.24. The van der Waals surface area contributed by atoms with Crippen molar-refractivity contribution in [3.05, 3.63) is 34.7 Å². The second-order valence-electron chi connectivity index (χ2n) is 4.56. The number of rotatable bonds is 6. The van der Waals surface area contributed by atoms with E-state index in [1.54, 1.807) is 4.57 Å². The van der Waals surface area contributed by atoms with E-state index < -0.39 is 0 Å². The number of aromatic nitrogens is 2. The average Bonchev–Trinajstić information content (AvgIpc) is 2.72. The molecule has 0 aliphatic carbocycles. The van der Waals surface area contributed by atoms with E-state index in [1.807, 2.05) is 38.2 Å². The highest BCUT2D eigenvalue weighted by molar-refractivity contribution is 5.85. The molecule has 0 fully saturated rings. The maximum atomic E-state index is 12.3. The van der Waals surface area contributed by atoms with Crippen LogP contribution in [0.4, 0.5) is 0 Å². The van der Waals surface area contributed by atoms with Crippen LogP contribution >= 0.6 is 12.4 Å². The Bertz CT molecular complexity index is 663. The number of carbonyl (C=O) groups excluding carboxylic acids is 1. The Morgan fingerprint density at radius 3 is 2.33 bits per heavy atom. The van der Waals surface area contributed by atoms with Crippen LogP contribution < -0.4 is 16.3 Å². The molecular weight excluding hydrogens is 292 g/mol. The van der Waals surface area contributed by atoms with Gasteiger partial charge in [-0.2, -0.15) is 0 Å². The first-order chi connectivity index (χ1) is 9.69. The van der Waals surface area contributed by atoms with E-state index in [0.29, 0.717) is 19.6 Å². The summed E-state index contributed by atoms with van der Waals surface area (Å²) in [6, 6.07) is 7.53. The van der Waals surface area contributed by atoms with Crippen LogP contribution in [0.2, 0.25) is 0 Å². The fourth-order valence-corrected chi connectivity index (χ4v) is 2.26. The lowest BCUT2D eigenvalue weighted by Gasteiger charge is -2.05. The van der Waals surface area contributed by atoms with Crippen molar-refractivity contribution in [2.24, 2.45) is 0 Å². The maximum absolute atomic E-state index is 12.3. The molecule has 0 bridgehead atoms. The molecule has 0 radical (unpaired) electrons. The van der Waals surface area contributed by atoms with Gasteiger partial charge in [0.25, 0.3) is 0 Å². The fraction of sp³-hybridized carbons (Fsp3) is 0.429. The van der Waals surface area contributed by atoms with Crippen molar-refractivity contribution in [1.29, 1.82) is 0 Å². The van der Waals surface area contributed by atoms with E-state index in [1.165, 1.54) is 4.57 Å². The summed E-state index contributed by atoms with van der Waals surface area (Å²) in [6.07, 6.45) is 0. The molecular formula is C14H21ClN4O2. The van der Waals surface area contributed by atoms with Gasteiger partial charge in [0, 0.05) is 19.6 Å². The Labute approximate surface area is 129 Å². The largest absolute Gasteiger partial charge is 0.353 e. The topological polar surface area (TPSA) is 68.1 Å². The first-order valence-corrected chi connectivity index (χ1v) is 6.78. The minimum Gasteiger partial charge on any atom is -0.353 e. The number of nitrogens with one attached hydrogen (secondary N) is 2. The highest BCUT2D eigenvalue weighted by Gasteiger charge is 2.13. The van der Waals surface area contributed by atoms with E-state index in [0.717, 1.165) is 11.0 Å². The van der Waals surface area contributed by atoms with Gasteiger partial charge in [-0.15, -0.1) is 12.4 Å². The number of para-hydroxylation sites is 2. The highest BCUT2D eigenvalue weighted by Crippen LogP contribution is 2.12. The van der Waals surface area contributed by atoms with Gasteiger partial charge in [-0.25, -0.2) is 4.79 Å². The van der Waals surface area contributed by atoms with Gasteiger partial charge in [0.05, 0.1) is 11.0 Å². The number of likely N-dealkylation sites (N-methyl/N-ethyl adjacent to an activating group) is 1. The molecule has 6 nitrogen and oxygen atoms in total. The summed E-state index contributed by atoms with van der Waals surface area (Å²) in [6.45, 7) is 3.82. The number of nitrogens with zero attached hydrogens (tertiary/aromatic N) is 2. The fourth-order valence-electron chi connectivity index (χ4n) is 2.26. The van der Waals surface area contributed by atoms with Crippen LogP contribution in [0.25, 0.3) is 11.0 Å². The molecule has 2 N–H and O–H groups in total. The molecule has 0 spiro atoms. The summed E-state index contributed by atoms with van der Waals surface area (Å²) in [7, 11) is 1.82. The zero-order valence-electron chi connectivity index (χ0n) is 12.3. The molecule has 0 saturated heterocycles. The molecule has 1 amide bonds. The first kappa shape index (κ1) is 17.3. The van der Waals surface area contributed by atoms with Crippen LogP contribution in [0.1, 0.15) is 6.92 Å². The molecule has 7 heteroatoms. The SMILES string of the molecule is CCn1c(=O)n(CC(=O)NCCNC)c2ccccc21.Cl. The predicted molar refractivity (Wildman–Crippen MR) is 86.1 cm³/mol. The maximum Gasteiger partial charge on any atom is 0.329 e. The summed E-state index contributed by atoms with van der Waals surface area (Å²) < 4.78 is 3.20. The number of aryl methyl sites for hydroxylation is 1. The molecule has 2 rings (SSSR count). The number of amides is 1. The second-order valence-corrected chi connectivity index (χ2v) is 4.56. The zero-order chi connectivity index (χ0) is 14.5. The van der Waals surface area contributed by atoms with Crippen LogP contribution in [0.15, 0.2) is 29.1 Å². The van der Waals surface area contributed by atoms with Crippen LogP contribution in [0.5, 0.6) is 0 Å². The Hall–Kier alpha value is -1.79. The smallest absolute Gasteiger partial charge is 0.329 e. The van der Waals surface area contributed by atoms with Crippen LogP contribution in [-0.2, 0) is 17.9 Å². The third-order valence-corrected chi connectivity index (χ3v) is 3.24. The van der Waals surface area contributed by atoms with Gasteiger partial charge < -0.3 is 10.6 Å². The number of benzene rings is 1. The van der Waals surface area contributed by atoms with Crippen molar-refractivity contribution < 1.29 is 4.79 Å². The van der Waals surface area contributed by atoms with Gasteiger partial charge in [-0.3, -0.25) is 13.9 Å². The number of hydrogen-bond donors (Lipinski definition) is 2. The van der Waals surface area contributed by atoms with E-state index in [4.69, 9.17) is 0 Å². The monoisotopic (exact) mass is 312 g/mol. The highest BCUT2D eigenvalue weighted by atomic mass is 35.5. The van der Waals surface area contributed by atoms with Crippen LogP contribution in [0.3, 0.4) is 0 Å². The Kier molecular flexibility index (Phi) is 6.45. The normalized spacial score (nSPS) is 10.4. The lowest BCUT2D eigenvalue weighted by molar-refractivity contribution is -0.121. The Balaban J connectivity index is 0.00000220. The van der Waals surface area contributed by atoms with Gasteiger partial charge in [0.1, 0.15) is 6.54 Å². The van der Waals surface area contributed by atoms with Gasteiger partial charge in [0.2, 0.25) is 5.91 Å². The number of carbonyl (C=O) groups is 1. The molecule has 1 heterocycles. The molecule has 0 aliphatic heterocycles. The van der Waals surface area contributed by atoms with Gasteiger partial charge >= 0.3 is 5.69 Å². The average molecular weight is 313 g/mol. The van der Waals surface area contributed by atoms with Gasteiger partial charge in [0.15, 0.2) is 0 Å². The molecule has 2 aromatic rings. The third kappa shape index (κ3) is 3.65. The van der Waals surface area contributed by atoms with Crippen molar-refractivity contribution in [2.75, 3.05) is 20.1 Å². The molecule has 0 aliphatic rings. The van der Waals surface area contributed by atoms with Crippen LogP contribution in [-0.4, -0.2) is 35.2 Å². The number of hydrogen-bond acceptors (Lipinski definition) is 3. The molecule has 116 valence electrons. The first-order valence-electron chi connectivity index (χ1n) is 6.78. The van der Waals surface area contributed by atoms with Crippen molar-refractivity contribution in [1.82, 2.24) is 19.8 Å². The van der Waals surface area contributed by atoms with Crippen LogP contribution in [0, 0.1) is 0 Å². The summed E-state index contributed by atoms with van der Waals surface area (Å²) in [5.41, 5.74) is 1.52. The number of fused-ring (bicyclic) bond motifs is 1. The zero-order valence-corrected chi connectivity index (χ0v) is 13.1. The summed E-state index contributed by atoms with van der Waals surface area (Å²) in [5, 5.41) is 5.73. The van der Waals surface area contributed by atoms with Crippen molar-refractivity contribution in [3.63, 3.8) is 0 Å². The van der Waals surface area contributed by atoms with E-state index in [-0.39, 0.29) is 30.5 Å². The minimum atomic E-state index is -0.152. The van der Waals surface area contributed by atoms with E-state index in [9.17, 15) is 9.59 Å². The molecule has 1 aromatic heterocycles. The molecule has 0 atom stereocenters. The quantitative estimate of drug-likeness (QED) is 0.767. The lowest BCUT2D eigenvalue weighted by atomic mass is 10.3. The second kappa shape index (κ2) is 7.85. The van der Waals surface area contributed by atoms with Crippen molar-refractivity contribution in [3.8, 4) is 0 Å². The summed E-state index contributed by atoms with van der Waals surface area (Å²) in [5.74, 6) is -0.152. The predicted octanol–water partition coefficient (Wildman–Crippen LogP) is 0.580. The Morgan fingerprint density at radius 2 is 1.76 bits per heavy atom. The van der Waals surface area contributed by atoms with Gasteiger partial charge in [-0.05, 0) is 26.1 Å². The van der Waals surface area contributed by atoms with E-state index >= 15 is 0 Å². The summed E-state index contributed by atoms with van der Waals surface area (Å²) >= 11 is 0. The van der Waals surface area contributed by atoms with Crippen molar-refractivity contribution in [2.45, 2.75) is 20.0 Å². The van der Waals surface area contributed by atoms with E-state index in [2.05, 4.69) is 10.6 Å². The minimum absolute atomic E-state index is 0. The molecule has 0 saturated carbocycles. The molecule has 0 unspecified atom stereocenters. The number of halogens is 1. The number of imidazole rings is 1. The molecule has 21 heavy (non-hydrogen) atoms.